The number of nitro benzene ring substituents is 1. The summed E-state index contributed by atoms with van der Waals surface area (Å²) < 4.78 is 10.3. The Morgan fingerprint density at radius 1 is 1.18 bits per heavy atom. The van der Waals surface area contributed by atoms with Gasteiger partial charge in [-0.3, -0.25) is 19.7 Å². The monoisotopic (exact) mass is 471 g/mol. The Kier molecular flexibility index (Phi) is 8.77. The maximum Gasteiger partial charge on any atom is 0.293 e. The molecule has 0 atom stereocenters. The fourth-order valence-electron chi connectivity index (χ4n) is 3.54. The summed E-state index contributed by atoms with van der Waals surface area (Å²) in [7, 11) is 3.00. The smallest absolute Gasteiger partial charge is 0.293 e. The first-order chi connectivity index (χ1) is 16.4. The van der Waals surface area contributed by atoms with E-state index in [-0.39, 0.29) is 23.7 Å². The normalized spacial score (nSPS) is 13.3. The van der Waals surface area contributed by atoms with Crippen LogP contribution in [-0.2, 0) is 14.3 Å². The fourth-order valence-corrected chi connectivity index (χ4v) is 3.54. The van der Waals surface area contributed by atoms with Crippen molar-refractivity contribution in [2.75, 3.05) is 75.7 Å². The van der Waals surface area contributed by atoms with E-state index in [4.69, 9.17) is 9.47 Å². The van der Waals surface area contributed by atoms with Gasteiger partial charge in [0.25, 0.3) is 11.6 Å². The minimum atomic E-state index is -0.556. The molecular formula is C23H29N5O6. The maximum absolute atomic E-state index is 12.8. The lowest BCUT2D eigenvalue weighted by Crippen LogP contribution is -2.36. The summed E-state index contributed by atoms with van der Waals surface area (Å²) in [6.45, 7) is 3.58. The summed E-state index contributed by atoms with van der Waals surface area (Å²) in [6.07, 6.45) is 0. The molecule has 2 N–H and O–H groups in total. The van der Waals surface area contributed by atoms with Crippen molar-refractivity contribution in [2.45, 2.75) is 0 Å². The van der Waals surface area contributed by atoms with Crippen LogP contribution < -0.4 is 15.5 Å². The third-order valence-electron chi connectivity index (χ3n) is 5.32. The third kappa shape index (κ3) is 6.65. The van der Waals surface area contributed by atoms with Gasteiger partial charge in [0.2, 0.25) is 5.91 Å². The Bertz CT molecular complexity index is 1010. The van der Waals surface area contributed by atoms with Crippen molar-refractivity contribution >= 4 is 34.6 Å². The Labute approximate surface area is 197 Å². The molecule has 0 unspecified atom stereocenters. The molecule has 0 saturated carbocycles. The molecule has 1 saturated heterocycles. The van der Waals surface area contributed by atoms with Gasteiger partial charge in [0.1, 0.15) is 5.69 Å². The second-order valence-corrected chi connectivity index (χ2v) is 7.76. The van der Waals surface area contributed by atoms with Crippen molar-refractivity contribution < 1.29 is 24.0 Å². The standard InChI is InChI=1S/C23H29N5O6/c1-26(23(30)17-3-8-20(24-9-12-33-2)21(15-17)28(31)32)16-22(29)25-18-4-6-19(7-5-18)27-10-13-34-14-11-27/h3-8,15,24H,9-14,16H2,1-2H3,(H,25,29). The molecule has 0 aromatic heterocycles. The Hall–Kier alpha value is -3.70. The van der Waals surface area contributed by atoms with Crippen LogP contribution in [0.5, 0.6) is 0 Å². The van der Waals surface area contributed by atoms with Crippen LogP contribution in [0.4, 0.5) is 22.7 Å². The van der Waals surface area contributed by atoms with Crippen LogP contribution in [0.25, 0.3) is 0 Å². The Balaban J connectivity index is 1.58. The van der Waals surface area contributed by atoms with Crippen LogP contribution in [0, 0.1) is 10.1 Å². The van der Waals surface area contributed by atoms with E-state index in [2.05, 4.69) is 15.5 Å². The highest BCUT2D eigenvalue weighted by molar-refractivity contribution is 6.00. The molecular weight excluding hydrogens is 442 g/mol. The highest BCUT2D eigenvalue weighted by atomic mass is 16.6. The van der Waals surface area contributed by atoms with Crippen LogP contribution in [0.3, 0.4) is 0 Å². The van der Waals surface area contributed by atoms with Gasteiger partial charge in [0, 0.05) is 56.8 Å². The number of carbonyl (C=O) groups is 2. The number of rotatable bonds is 10. The number of likely N-dealkylation sites (N-methyl/N-ethyl adjacent to an activating group) is 1. The second kappa shape index (κ2) is 12.0. The number of carbonyl (C=O) groups excluding carboxylic acids is 2. The molecule has 11 heteroatoms. The number of amides is 2. The first-order valence-electron chi connectivity index (χ1n) is 10.9. The van der Waals surface area contributed by atoms with Crippen LogP contribution in [0.1, 0.15) is 10.4 Å². The largest absolute Gasteiger partial charge is 0.383 e. The van der Waals surface area contributed by atoms with Crippen molar-refractivity contribution in [2.24, 2.45) is 0 Å². The zero-order valence-corrected chi connectivity index (χ0v) is 19.3. The average molecular weight is 472 g/mol. The predicted octanol–water partition coefficient (Wildman–Crippen LogP) is 2.20. The number of nitro groups is 1. The quantitative estimate of drug-likeness (QED) is 0.307. The molecule has 34 heavy (non-hydrogen) atoms. The zero-order valence-electron chi connectivity index (χ0n) is 19.3. The number of methoxy groups -OCH3 is 1. The molecule has 182 valence electrons. The van der Waals surface area contributed by atoms with E-state index in [0.717, 1.165) is 18.8 Å². The average Bonchev–Trinajstić information content (AvgIpc) is 2.84. The third-order valence-corrected chi connectivity index (χ3v) is 5.32. The topological polar surface area (TPSA) is 126 Å². The predicted molar refractivity (Wildman–Crippen MR) is 129 cm³/mol. The van der Waals surface area contributed by atoms with Gasteiger partial charge in [-0.1, -0.05) is 0 Å². The molecule has 0 spiro atoms. The number of nitrogens with zero attached hydrogens (tertiary/aromatic N) is 3. The summed E-state index contributed by atoms with van der Waals surface area (Å²) in [5, 5.41) is 17.1. The molecule has 1 fully saturated rings. The van der Waals surface area contributed by atoms with Gasteiger partial charge in [0.05, 0.1) is 31.3 Å². The number of hydrogen-bond acceptors (Lipinski definition) is 8. The van der Waals surface area contributed by atoms with E-state index in [9.17, 15) is 19.7 Å². The van der Waals surface area contributed by atoms with Crippen molar-refractivity contribution in [1.29, 1.82) is 0 Å². The van der Waals surface area contributed by atoms with E-state index >= 15 is 0 Å². The van der Waals surface area contributed by atoms with E-state index in [1.807, 2.05) is 24.3 Å². The highest BCUT2D eigenvalue weighted by Crippen LogP contribution is 2.26. The molecule has 0 radical (unpaired) electrons. The van der Waals surface area contributed by atoms with E-state index in [1.54, 1.807) is 0 Å². The number of ether oxygens (including phenoxy) is 2. The molecule has 2 aromatic rings. The molecule has 11 nitrogen and oxygen atoms in total. The minimum Gasteiger partial charge on any atom is -0.383 e. The summed E-state index contributed by atoms with van der Waals surface area (Å²) in [6, 6.07) is 11.6. The van der Waals surface area contributed by atoms with Crippen molar-refractivity contribution in [3.63, 3.8) is 0 Å². The summed E-state index contributed by atoms with van der Waals surface area (Å²) in [5.74, 6) is -0.869. The summed E-state index contributed by atoms with van der Waals surface area (Å²) >= 11 is 0. The Morgan fingerprint density at radius 3 is 2.53 bits per heavy atom. The molecule has 2 amide bonds. The lowest BCUT2D eigenvalue weighted by atomic mass is 10.1. The molecule has 1 aliphatic heterocycles. The number of hydrogen-bond donors (Lipinski definition) is 2. The van der Waals surface area contributed by atoms with Gasteiger partial charge in [-0.15, -0.1) is 0 Å². The number of anilines is 3. The van der Waals surface area contributed by atoms with Gasteiger partial charge in [-0.05, 0) is 36.4 Å². The highest BCUT2D eigenvalue weighted by Gasteiger charge is 2.21. The minimum absolute atomic E-state index is 0.120. The molecule has 1 heterocycles. The lowest BCUT2D eigenvalue weighted by Gasteiger charge is -2.28. The van der Waals surface area contributed by atoms with Crippen LogP contribution in [0.2, 0.25) is 0 Å². The SMILES string of the molecule is COCCNc1ccc(C(=O)N(C)CC(=O)Nc2ccc(N3CCOCC3)cc2)cc1[N+](=O)[O-]. The molecule has 3 rings (SSSR count). The van der Waals surface area contributed by atoms with E-state index in [1.165, 1.54) is 37.3 Å². The van der Waals surface area contributed by atoms with Crippen molar-refractivity contribution in [1.82, 2.24) is 4.90 Å². The Morgan fingerprint density at radius 2 is 1.88 bits per heavy atom. The van der Waals surface area contributed by atoms with Gasteiger partial charge in [0.15, 0.2) is 0 Å². The number of morpholine rings is 1. The molecule has 0 bridgehead atoms. The van der Waals surface area contributed by atoms with Crippen molar-refractivity contribution in [3.8, 4) is 0 Å². The first kappa shape index (κ1) is 24.9. The summed E-state index contributed by atoms with van der Waals surface area (Å²) in [5.41, 5.74) is 1.86. The molecule has 2 aromatic carbocycles. The number of benzene rings is 2. The molecule has 0 aliphatic carbocycles. The van der Waals surface area contributed by atoms with E-state index < -0.39 is 10.8 Å². The molecule has 1 aliphatic rings. The van der Waals surface area contributed by atoms with Crippen molar-refractivity contribution in [3.05, 3.63) is 58.1 Å². The van der Waals surface area contributed by atoms with Gasteiger partial charge < -0.3 is 29.9 Å². The lowest BCUT2D eigenvalue weighted by molar-refractivity contribution is -0.384. The maximum atomic E-state index is 12.8. The number of nitrogens with one attached hydrogen (secondary N) is 2. The van der Waals surface area contributed by atoms with Crippen LogP contribution in [0.15, 0.2) is 42.5 Å². The van der Waals surface area contributed by atoms with Crippen LogP contribution in [-0.4, -0.2) is 81.8 Å². The fraction of sp³-hybridized carbons (Fsp3) is 0.391. The zero-order chi connectivity index (χ0) is 24.5. The van der Waals surface area contributed by atoms with Gasteiger partial charge >= 0.3 is 0 Å². The first-order valence-corrected chi connectivity index (χ1v) is 10.9. The van der Waals surface area contributed by atoms with Crippen LogP contribution >= 0.6 is 0 Å². The second-order valence-electron chi connectivity index (χ2n) is 7.76. The summed E-state index contributed by atoms with van der Waals surface area (Å²) in [4.78, 5) is 39.5. The van der Waals surface area contributed by atoms with Gasteiger partial charge in [-0.2, -0.15) is 0 Å². The van der Waals surface area contributed by atoms with Gasteiger partial charge in [-0.25, -0.2) is 0 Å². The van der Waals surface area contributed by atoms with E-state index in [0.29, 0.717) is 37.7 Å².